The maximum absolute atomic E-state index is 13.3. The standard InChI is InChI=1S/C21H19ClN2O3/c22-15-9-10-17-16(11-15)19(13-5-2-1-3-6-13)23-20(14-7-4-8-14)21(27)24(17)12-18(25)26/h1-3,5-6,9-11,14,20H,4,7-8,12H2,(H,25,26)/t20-/m0/s1. The van der Waals surface area contributed by atoms with Crippen molar-refractivity contribution in [2.24, 2.45) is 10.9 Å². The second-order valence-electron chi connectivity index (χ2n) is 6.96. The summed E-state index contributed by atoms with van der Waals surface area (Å²) >= 11 is 6.24. The first kappa shape index (κ1) is 17.7. The largest absolute Gasteiger partial charge is 0.480 e. The molecular formula is C21H19ClN2O3. The minimum absolute atomic E-state index is 0.150. The highest BCUT2D eigenvalue weighted by Crippen LogP contribution is 2.37. The van der Waals surface area contributed by atoms with Crippen LogP contribution in [-0.2, 0) is 9.59 Å². The Kier molecular flexibility index (Phi) is 4.70. The van der Waals surface area contributed by atoms with Crippen molar-refractivity contribution < 1.29 is 14.7 Å². The van der Waals surface area contributed by atoms with Crippen molar-refractivity contribution in [3.8, 4) is 0 Å². The molecule has 1 N–H and O–H groups in total. The van der Waals surface area contributed by atoms with Crippen LogP contribution in [0.4, 0.5) is 5.69 Å². The SMILES string of the molecule is O=C(O)CN1C(=O)[C@H](C2CCC2)N=C(c2ccccc2)c2cc(Cl)ccc21. The van der Waals surface area contributed by atoms with Gasteiger partial charge in [-0.15, -0.1) is 0 Å². The third-order valence-electron chi connectivity index (χ3n) is 5.23. The number of hydrogen-bond donors (Lipinski definition) is 1. The van der Waals surface area contributed by atoms with E-state index in [1.165, 1.54) is 4.90 Å². The predicted molar refractivity (Wildman–Crippen MR) is 105 cm³/mol. The molecule has 138 valence electrons. The Hall–Kier alpha value is -2.66. The van der Waals surface area contributed by atoms with Gasteiger partial charge in [-0.05, 0) is 37.0 Å². The molecule has 27 heavy (non-hydrogen) atoms. The van der Waals surface area contributed by atoms with Gasteiger partial charge in [0.15, 0.2) is 0 Å². The van der Waals surface area contributed by atoms with E-state index in [1.54, 1.807) is 18.2 Å². The summed E-state index contributed by atoms with van der Waals surface area (Å²) in [6, 6.07) is 14.2. The molecule has 1 amide bonds. The minimum Gasteiger partial charge on any atom is -0.480 e. The van der Waals surface area contributed by atoms with Crippen molar-refractivity contribution in [2.45, 2.75) is 25.3 Å². The molecule has 5 nitrogen and oxygen atoms in total. The van der Waals surface area contributed by atoms with Crippen LogP contribution in [0.25, 0.3) is 0 Å². The molecule has 1 heterocycles. The molecule has 4 rings (SSSR count). The number of halogens is 1. The third kappa shape index (κ3) is 3.35. The van der Waals surface area contributed by atoms with Crippen molar-refractivity contribution in [1.29, 1.82) is 0 Å². The average Bonchev–Trinajstić information content (AvgIpc) is 2.71. The number of nitrogens with zero attached hydrogens (tertiary/aromatic N) is 2. The van der Waals surface area contributed by atoms with Gasteiger partial charge >= 0.3 is 5.97 Å². The summed E-state index contributed by atoms with van der Waals surface area (Å²) in [5.41, 5.74) is 2.79. The van der Waals surface area contributed by atoms with Gasteiger partial charge in [0.05, 0.1) is 11.4 Å². The summed E-state index contributed by atoms with van der Waals surface area (Å²) in [5.74, 6) is -1.16. The van der Waals surface area contributed by atoms with Gasteiger partial charge in [0.1, 0.15) is 12.6 Å². The zero-order valence-electron chi connectivity index (χ0n) is 14.6. The number of carbonyl (C=O) groups is 2. The highest BCUT2D eigenvalue weighted by atomic mass is 35.5. The molecule has 2 aromatic rings. The van der Waals surface area contributed by atoms with Gasteiger partial charge in [0.2, 0.25) is 0 Å². The summed E-state index contributed by atoms with van der Waals surface area (Å²) in [6.45, 7) is -0.395. The molecule has 2 aromatic carbocycles. The molecule has 1 atom stereocenters. The summed E-state index contributed by atoms with van der Waals surface area (Å²) < 4.78 is 0. The molecule has 0 bridgehead atoms. The molecule has 6 heteroatoms. The average molecular weight is 383 g/mol. The van der Waals surface area contributed by atoms with Crippen molar-refractivity contribution >= 4 is 34.9 Å². The number of rotatable bonds is 4. The molecule has 1 aliphatic carbocycles. The fourth-order valence-corrected chi connectivity index (χ4v) is 3.83. The van der Waals surface area contributed by atoms with Crippen molar-refractivity contribution in [2.75, 3.05) is 11.4 Å². The first-order valence-corrected chi connectivity index (χ1v) is 9.38. The van der Waals surface area contributed by atoms with Crippen LogP contribution in [0.2, 0.25) is 5.02 Å². The lowest BCUT2D eigenvalue weighted by Crippen LogP contribution is -2.45. The fraction of sp³-hybridized carbons (Fsp3) is 0.286. The maximum Gasteiger partial charge on any atom is 0.323 e. The Morgan fingerprint density at radius 1 is 1.19 bits per heavy atom. The number of hydrogen-bond acceptors (Lipinski definition) is 3. The topological polar surface area (TPSA) is 70.0 Å². The van der Waals surface area contributed by atoms with Gasteiger partial charge in [-0.2, -0.15) is 0 Å². The number of benzodiazepines with no additional fused rings is 1. The number of aliphatic carboxylic acids is 1. The van der Waals surface area contributed by atoms with E-state index in [1.807, 2.05) is 30.3 Å². The number of anilines is 1. The number of benzene rings is 2. The highest BCUT2D eigenvalue weighted by molar-refractivity contribution is 6.32. The van der Waals surface area contributed by atoms with E-state index in [9.17, 15) is 14.7 Å². The lowest BCUT2D eigenvalue weighted by molar-refractivity contribution is -0.137. The summed E-state index contributed by atoms with van der Waals surface area (Å²) in [5, 5.41) is 9.89. The van der Waals surface area contributed by atoms with Crippen LogP contribution < -0.4 is 4.90 Å². The molecule has 0 aromatic heterocycles. The maximum atomic E-state index is 13.3. The van der Waals surface area contributed by atoms with Gasteiger partial charge in [-0.1, -0.05) is 48.4 Å². The molecule has 1 saturated carbocycles. The number of carboxylic acids is 1. The Morgan fingerprint density at radius 3 is 2.56 bits per heavy atom. The summed E-state index contributed by atoms with van der Waals surface area (Å²) in [6.07, 6.45) is 2.93. The van der Waals surface area contributed by atoms with Crippen LogP contribution in [-0.4, -0.2) is 35.3 Å². The van der Waals surface area contributed by atoms with Crippen LogP contribution in [0.3, 0.4) is 0 Å². The van der Waals surface area contributed by atoms with Crippen LogP contribution >= 0.6 is 11.6 Å². The first-order valence-electron chi connectivity index (χ1n) is 9.01. The summed E-state index contributed by atoms with van der Waals surface area (Å²) in [7, 11) is 0. The Balaban J connectivity index is 1.93. The molecule has 0 saturated heterocycles. The van der Waals surface area contributed by atoms with Gasteiger partial charge in [0.25, 0.3) is 5.91 Å². The van der Waals surface area contributed by atoms with Crippen LogP contribution in [0.1, 0.15) is 30.4 Å². The lowest BCUT2D eigenvalue weighted by Gasteiger charge is -2.32. The van der Waals surface area contributed by atoms with E-state index in [0.717, 1.165) is 24.8 Å². The number of aliphatic imine (C=N–C) groups is 1. The van der Waals surface area contributed by atoms with E-state index >= 15 is 0 Å². The molecule has 1 aliphatic heterocycles. The summed E-state index contributed by atoms with van der Waals surface area (Å²) in [4.78, 5) is 30.9. The highest BCUT2D eigenvalue weighted by Gasteiger charge is 2.39. The lowest BCUT2D eigenvalue weighted by atomic mass is 9.79. The zero-order chi connectivity index (χ0) is 19.0. The Morgan fingerprint density at radius 2 is 1.93 bits per heavy atom. The minimum atomic E-state index is -1.06. The molecule has 2 aliphatic rings. The van der Waals surface area contributed by atoms with E-state index < -0.39 is 18.6 Å². The van der Waals surface area contributed by atoms with Crippen LogP contribution in [0, 0.1) is 5.92 Å². The quantitative estimate of drug-likeness (QED) is 0.874. The fourth-order valence-electron chi connectivity index (χ4n) is 3.66. The molecule has 1 fully saturated rings. The van der Waals surface area contributed by atoms with E-state index in [-0.39, 0.29) is 11.8 Å². The van der Waals surface area contributed by atoms with Gasteiger partial charge < -0.3 is 5.11 Å². The number of fused-ring (bicyclic) bond motifs is 1. The number of carboxylic acid groups (broad SMARTS) is 1. The molecular weight excluding hydrogens is 364 g/mol. The van der Waals surface area contributed by atoms with Gasteiger partial charge in [0, 0.05) is 16.1 Å². The van der Waals surface area contributed by atoms with E-state index in [4.69, 9.17) is 16.6 Å². The van der Waals surface area contributed by atoms with Gasteiger partial charge in [-0.25, -0.2) is 0 Å². The van der Waals surface area contributed by atoms with Crippen molar-refractivity contribution in [3.05, 3.63) is 64.7 Å². The second-order valence-corrected chi connectivity index (χ2v) is 7.40. The van der Waals surface area contributed by atoms with Crippen molar-refractivity contribution in [1.82, 2.24) is 0 Å². The van der Waals surface area contributed by atoms with E-state index in [0.29, 0.717) is 22.0 Å². The van der Waals surface area contributed by atoms with Crippen LogP contribution in [0.5, 0.6) is 0 Å². The van der Waals surface area contributed by atoms with E-state index in [2.05, 4.69) is 0 Å². The number of amides is 1. The Bertz CT molecular complexity index is 922. The Labute approximate surface area is 162 Å². The molecule has 0 spiro atoms. The monoisotopic (exact) mass is 382 g/mol. The third-order valence-corrected chi connectivity index (χ3v) is 5.46. The predicted octanol–water partition coefficient (Wildman–Crippen LogP) is 3.78. The van der Waals surface area contributed by atoms with Gasteiger partial charge in [-0.3, -0.25) is 19.5 Å². The second kappa shape index (κ2) is 7.16. The first-order chi connectivity index (χ1) is 13.0. The normalized spacial score (nSPS) is 19.7. The number of carbonyl (C=O) groups excluding carboxylic acids is 1. The van der Waals surface area contributed by atoms with Crippen LogP contribution in [0.15, 0.2) is 53.5 Å². The molecule has 0 unspecified atom stereocenters. The smallest absolute Gasteiger partial charge is 0.323 e. The molecule has 0 radical (unpaired) electrons. The van der Waals surface area contributed by atoms with Crippen molar-refractivity contribution in [3.63, 3.8) is 0 Å². The zero-order valence-corrected chi connectivity index (χ0v) is 15.4.